The smallest absolute Gasteiger partial charge is 0.133 e. The molecule has 66 valence electrons. The van der Waals surface area contributed by atoms with E-state index in [1.807, 2.05) is 0 Å². The summed E-state index contributed by atoms with van der Waals surface area (Å²) in [4.78, 5) is 0. The van der Waals surface area contributed by atoms with Gasteiger partial charge in [-0.2, -0.15) is 0 Å². The molecule has 3 heteroatoms. The zero-order valence-corrected chi connectivity index (χ0v) is 6.97. The molecule has 0 saturated carbocycles. The number of rotatable bonds is 2. The van der Waals surface area contributed by atoms with Gasteiger partial charge in [0.25, 0.3) is 0 Å². The first kappa shape index (κ1) is 9.00. The molecule has 0 aliphatic rings. The fourth-order valence-electron chi connectivity index (χ4n) is 1.11. The van der Waals surface area contributed by atoms with Crippen molar-refractivity contribution in [1.82, 2.24) is 0 Å². The lowest BCUT2D eigenvalue weighted by atomic mass is 10.1. The summed E-state index contributed by atoms with van der Waals surface area (Å²) in [7, 11) is 0. The standard InChI is InChI=1S/C9H12FNO/c1-6-2-3-8(12)7(4-5-11)9(6)10/h2-3,12H,4-5,11H2,1H3. The van der Waals surface area contributed by atoms with Crippen LogP contribution in [0.15, 0.2) is 12.1 Å². The molecule has 0 unspecified atom stereocenters. The van der Waals surface area contributed by atoms with Gasteiger partial charge in [0.15, 0.2) is 0 Å². The first-order chi connectivity index (χ1) is 5.66. The van der Waals surface area contributed by atoms with Gasteiger partial charge in [0.2, 0.25) is 0 Å². The number of aryl methyl sites for hydroxylation is 1. The van der Waals surface area contributed by atoms with E-state index in [0.717, 1.165) is 0 Å². The molecule has 0 aliphatic heterocycles. The molecule has 2 nitrogen and oxygen atoms in total. The van der Waals surface area contributed by atoms with E-state index in [1.54, 1.807) is 13.0 Å². The highest BCUT2D eigenvalue weighted by Gasteiger charge is 2.08. The Morgan fingerprint density at radius 2 is 2.17 bits per heavy atom. The van der Waals surface area contributed by atoms with Crippen molar-refractivity contribution < 1.29 is 9.50 Å². The van der Waals surface area contributed by atoms with Gasteiger partial charge in [-0.25, -0.2) is 4.39 Å². The molecule has 0 amide bonds. The van der Waals surface area contributed by atoms with Gasteiger partial charge in [-0.15, -0.1) is 0 Å². The van der Waals surface area contributed by atoms with Crippen molar-refractivity contribution in [2.24, 2.45) is 5.73 Å². The summed E-state index contributed by atoms with van der Waals surface area (Å²) in [6.45, 7) is 2.00. The lowest BCUT2D eigenvalue weighted by Crippen LogP contribution is -2.05. The van der Waals surface area contributed by atoms with E-state index < -0.39 is 0 Å². The second-order valence-corrected chi connectivity index (χ2v) is 2.73. The van der Waals surface area contributed by atoms with Crippen molar-refractivity contribution in [3.8, 4) is 5.75 Å². The Morgan fingerprint density at radius 3 is 2.75 bits per heavy atom. The Morgan fingerprint density at radius 1 is 1.50 bits per heavy atom. The Hall–Kier alpha value is -1.09. The van der Waals surface area contributed by atoms with Gasteiger partial charge >= 0.3 is 0 Å². The molecule has 0 spiro atoms. The molecule has 3 N–H and O–H groups in total. The molecule has 0 atom stereocenters. The van der Waals surface area contributed by atoms with Crippen molar-refractivity contribution in [3.05, 3.63) is 29.1 Å². The minimum absolute atomic E-state index is 0.0106. The third-order valence-corrected chi connectivity index (χ3v) is 1.81. The minimum atomic E-state index is -0.347. The van der Waals surface area contributed by atoms with E-state index in [4.69, 9.17) is 5.73 Å². The Balaban J connectivity index is 3.14. The summed E-state index contributed by atoms with van der Waals surface area (Å²) in [6.07, 6.45) is 0.374. The fraction of sp³-hybridized carbons (Fsp3) is 0.333. The molecule has 12 heavy (non-hydrogen) atoms. The van der Waals surface area contributed by atoms with Crippen LogP contribution < -0.4 is 5.73 Å². The van der Waals surface area contributed by atoms with E-state index in [-0.39, 0.29) is 11.6 Å². The maximum Gasteiger partial charge on any atom is 0.133 e. The molecule has 0 bridgehead atoms. The number of aromatic hydroxyl groups is 1. The second-order valence-electron chi connectivity index (χ2n) is 2.73. The molecular formula is C9H12FNO. The number of halogens is 1. The van der Waals surface area contributed by atoms with Crippen LogP contribution in [0.3, 0.4) is 0 Å². The minimum Gasteiger partial charge on any atom is -0.508 e. The van der Waals surface area contributed by atoms with Crippen molar-refractivity contribution in [3.63, 3.8) is 0 Å². The molecular weight excluding hydrogens is 157 g/mol. The van der Waals surface area contributed by atoms with Crippen LogP contribution in [0, 0.1) is 12.7 Å². The summed E-state index contributed by atoms with van der Waals surface area (Å²) in [5, 5.41) is 9.25. The Labute approximate surface area is 70.8 Å². The van der Waals surface area contributed by atoms with Gasteiger partial charge in [-0.1, -0.05) is 6.07 Å². The van der Waals surface area contributed by atoms with E-state index in [2.05, 4.69) is 0 Å². The molecule has 1 aromatic rings. The SMILES string of the molecule is Cc1ccc(O)c(CCN)c1F. The monoisotopic (exact) mass is 169 g/mol. The number of benzene rings is 1. The van der Waals surface area contributed by atoms with Crippen LogP contribution in [0.25, 0.3) is 0 Å². The lowest BCUT2D eigenvalue weighted by Gasteiger charge is -2.06. The van der Waals surface area contributed by atoms with E-state index in [1.165, 1.54) is 6.07 Å². The highest BCUT2D eigenvalue weighted by Crippen LogP contribution is 2.22. The predicted molar refractivity (Wildman–Crippen MR) is 45.6 cm³/mol. The molecule has 1 rings (SSSR count). The van der Waals surface area contributed by atoms with Gasteiger partial charge in [-0.3, -0.25) is 0 Å². The quantitative estimate of drug-likeness (QED) is 0.701. The van der Waals surface area contributed by atoms with Crippen LogP contribution >= 0.6 is 0 Å². The van der Waals surface area contributed by atoms with Crippen LogP contribution in [0.2, 0.25) is 0 Å². The van der Waals surface area contributed by atoms with Crippen LogP contribution in [-0.4, -0.2) is 11.7 Å². The van der Waals surface area contributed by atoms with Crippen LogP contribution in [0.4, 0.5) is 4.39 Å². The van der Waals surface area contributed by atoms with Crippen molar-refractivity contribution in [2.45, 2.75) is 13.3 Å². The highest BCUT2D eigenvalue weighted by atomic mass is 19.1. The van der Waals surface area contributed by atoms with E-state index in [0.29, 0.717) is 24.1 Å². The normalized spacial score (nSPS) is 10.2. The third kappa shape index (κ3) is 1.56. The summed E-state index contributed by atoms with van der Waals surface area (Å²) >= 11 is 0. The topological polar surface area (TPSA) is 46.2 Å². The molecule has 0 fully saturated rings. The maximum absolute atomic E-state index is 13.2. The van der Waals surface area contributed by atoms with Crippen LogP contribution in [-0.2, 0) is 6.42 Å². The third-order valence-electron chi connectivity index (χ3n) is 1.81. The van der Waals surface area contributed by atoms with Crippen molar-refractivity contribution >= 4 is 0 Å². The molecule has 0 saturated heterocycles. The summed E-state index contributed by atoms with van der Waals surface area (Å²) in [5.41, 5.74) is 6.13. The van der Waals surface area contributed by atoms with Gasteiger partial charge < -0.3 is 10.8 Å². The van der Waals surface area contributed by atoms with Crippen molar-refractivity contribution in [1.29, 1.82) is 0 Å². The molecule has 0 heterocycles. The van der Waals surface area contributed by atoms with Crippen molar-refractivity contribution in [2.75, 3.05) is 6.54 Å². The zero-order valence-electron chi connectivity index (χ0n) is 6.97. The largest absolute Gasteiger partial charge is 0.508 e. The van der Waals surface area contributed by atoms with Gasteiger partial charge in [0.05, 0.1) is 0 Å². The van der Waals surface area contributed by atoms with Gasteiger partial charge in [-0.05, 0) is 31.5 Å². The number of phenols is 1. The Kier molecular flexibility index (Phi) is 2.65. The Bertz CT molecular complexity index is 286. The first-order valence-electron chi connectivity index (χ1n) is 3.84. The number of hydrogen-bond acceptors (Lipinski definition) is 2. The van der Waals surface area contributed by atoms with Crippen LogP contribution in [0.5, 0.6) is 5.75 Å². The highest BCUT2D eigenvalue weighted by molar-refractivity contribution is 5.37. The summed E-state index contributed by atoms with van der Waals surface area (Å²) in [6, 6.07) is 3.04. The maximum atomic E-state index is 13.2. The second kappa shape index (κ2) is 3.54. The van der Waals surface area contributed by atoms with E-state index in [9.17, 15) is 9.50 Å². The molecule has 0 aromatic heterocycles. The fourth-order valence-corrected chi connectivity index (χ4v) is 1.11. The number of hydrogen-bond donors (Lipinski definition) is 2. The predicted octanol–water partition coefficient (Wildman–Crippen LogP) is 1.34. The first-order valence-corrected chi connectivity index (χ1v) is 3.84. The molecule has 1 aromatic carbocycles. The molecule has 0 aliphatic carbocycles. The average Bonchev–Trinajstić information content (AvgIpc) is 2.06. The van der Waals surface area contributed by atoms with Gasteiger partial charge in [0.1, 0.15) is 11.6 Å². The zero-order chi connectivity index (χ0) is 9.14. The summed E-state index contributed by atoms with van der Waals surface area (Å²) in [5.74, 6) is -0.357. The summed E-state index contributed by atoms with van der Waals surface area (Å²) < 4.78 is 13.2. The molecule has 0 radical (unpaired) electrons. The lowest BCUT2D eigenvalue weighted by molar-refractivity contribution is 0.458. The van der Waals surface area contributed by atoms with E-state index >= 15 is 0 Å². The van der Waals surface area contributed by atoms with Gasteiger partial charge in [0, 0.05) is 5.56 Å². The number of nitrogens with two attached hydrogens (primary N) is 1. The average molecular weight is 169 g/mol. The van der Waals surface area contributed by atoms with Crippen LogP contribution in [0.1, 0.15) is 11.1 Å². The number of phenolic OH excluding ortho intramolecular Hbond substituents is 1.